The van der Waals surface area contributed by atoms with Crippen molar-refractivity contribution in [1.29, 1.82) is 0 Å². The van der Waals surface area contributed by atoms with Gasteiger partial charge >= 0.3 is 9.28 Å². The Kier molecular flexibility index (Phi) is 21.8. The van der Waals surface area contributed by atoms with Crippen LogP contribution in [0.2, 0.25) is 0 Å². The molecule has 1 aromatic rings. The highest BCUT2D eigenvalue weighted by atomic mass is 28.3. The molecule has 0 aromatic heterocycles. The van der Waals surface area contributed by atoms with Crippen LogP contribution in [0.4, 0.5) is 0 Å². The van der Waals surface area contributed by atoms with E-state index in [1.54, 1.807) is 14.2 Å². The number of ether oxygens (including phenoxy) is 2. The Hall–Kier alpha value is -0.723. The second-order valence-electron chi connectivity index (χ2n) is 9.66. The van der Waals surface area contributed by atoms with Gasteiger partial charge in [0.1, 0.15) is 0 Å². The Morgan fingerprint density at radius 3 is 1.57 bits per heavy atom. The lowest BCUT2D eigenvalue weighted by atomic mass is 9.96. The first-order valence-corrected chi connectivity index (χ1v) is 15.8. The number of methoxy groups -OCH3 is 2. The second-order valence-corrected chi connectivity index (χ2v) is 11.3. The van der Waals surface area contributed by atoms with E-state index in [2.05, 4.69) is 32.0 Å². The van der Waals surface area contributed by atoms with Gasteiger partial charge < -0.3 is 18.3 Å². The number of benzene rings is 1. The molecule has 0 saturated carbocycles. The number of aryl methyl sites for hydroxylation is 1. The summed E-state index contributed by atoms with van der Waals surface area (Å²) in [5.41, 5.74) is 3.01. The molecule has 0 fully saturated rings. The molecular formula is C30H55O4Si. The van der Waals surface area contributed by atoms with Crippen LogP contribution in [-0.2, 0) is 31.2 Å². The molecule has 0 saturated heterocycles. The Morgan fingerprint density at radius 1 is 0.571 bits per heavy atom. The van der Waals surface area contributed by atoms with E-state index in [1.807, 2.05) is 0 Å². The quantitative estimate of drug-likeness (QED) is 0.103. The van der Waals surface area contributed by atoms with E-state index in [9.17, 15) is 0 Å². The van der Waals surface area contributed by atoms with Gasteiger partial charge in [-0.2, -0.15) is 0 Å². The molecule has 0 bridgehead atoms. The third-order valence-electron chi connectivity index (χ3n) is 6.61. The van der Waals surface area contributed by atoms with Crippen LogP contribution >= 0.6 is 0 Å². The zero-order valence-corrected chi connectivity index (χ0v) is 24.5. The monoisotopic (exact) mass is 507 g/mol. The SMILES string of the molecule is CCCCCCCCCc1cccc([Si](OCCOC)OCCOC)c1CCCCCCCCC. The van der Waals surface area contributed by atoms with E-state index in [-0.39, 0.29) is 0 Å². The fraction of sp³-hybridized carbons (Fsp3) is 0.800. The lowest BCUT2D eigenvalue weighted by Crippen LogP contribution is -2.41. The third kappa shape index (κ3) is 15.9. The normalized spacial score (nSPS) is 11.6. The van der Waals surface area contributed by atoms with Crippen molar-refractivity contribution in [2.45, 2.75) is 117 Å². The maximum absolute atomic E-state index is 6.26. The summed E-state index contributed by atoms with van der Waals surface area (Å²) in [5, 5.41) is 1.30. The van der Waals surface area contributed by atoms with Crippen LogP contribution in [0.25, 0.3) is 0 Å². The van der Waals surface area contributed by atoms with Crippen LogP contribution in [0.15, 0.2) is 18.2 Å². The summed E-state index contributed by atoms with van der Waals surface area (Å²) in [5.74, 6) is 0. The minimum Gasteiger partial charge on any atom is -0.387 e. The summed E-state index contributed by atoms with van der Waals surface area (Å²) < 4.78 is 23.0. The van der Waals surface area contributed by atoms with Crippen LogP contribution in [0.1, 0.15) is 115 Å². The van der Waals surface area contributed by atoms with Crippen molar-refractivity contribution in [2.75, 3.05) is 40.6 Å². The lowest BCUT2D eigenvalue weighted by Gasteiger charge is -2.21. The Bertz CT molecular complexity index is 586. The van der Waals surface area contributed by atoms with Gasteiger partial charge in [0.05, 0.1) is 26.4 Å². The molecule has 1 rings (SSSR count). The topological polar surface area (TPSA) is 36.9 Å². The number of rotatable bonds is 25. The number of hydrogen-bond donors (Lipinski definition) is 0. The standard InChI is InChI=1S/C30H55O4Si/c1-5-7-9-11-13-15-17-20-28-21-19-23-30(29(28)22-18-16-14-12-10-8-6-2)35(33-26-24-31-3)34-27-25-32-4/h19,21,23H,5-18,20,22,24-27H2,1-4H3. The first-order chi connectivity index (χ1) is 17.3. The van der Waals surface area contributed by atoms with E-state index in [4.69, 9.17) is 18.3 Å². The van der Waals surface area contributed by atoms with Crippen molar-refractivity contribution < 1.29 is 18.3 Å². The molecule has 0 aliphatic rings. The summed E-state index contributed by atoms with van der Waals surface area (Å²) in [6.07, 6.45) is 21.1. The predicted molar refractivity (Wildman–Crippen MR) is 151 cm³/mol. The van der Waals surface area contributed by atoms with Crippen molar-refractivity contribution in [3.05, 3.63) is 29.3 Å². The molecule has 0 aliphatic heterocycles. The summed E-state index contributed by atoms with van der Waals surface area (Å²) in [4.78, 5) is 0. The molecule has 35 heavy (non-hydrogen) atoms. The summed E-state index contributed by atoms with van der Waals surface area (Å²) in [7, 11) is 1.86. The maximum Gasteiger partial charge on any atom is 0.424 e. The van der Waals surface area contributed by atoms with E-state index in [0.29, 0.717) is 26.4 Å². The molecule has 1 aromatic carbocycles. The third-order valence-corrected chi connectivity index (χ3v) is 8.46. The summed E-state index contributed by atoms with van der Waals surface area (Å²) in [6.45, 7) is 6.88. The zero-order valence-electron chi connectivity index (χ0n) is 23.5. The lowest BCUT2D eigenvalue weighted by molar-refractivity contribution is 0.104. The van der Waals surface area contributed by atoms with Gasteiger partial charge in [0.25, 0.3) is 0 Å². The average Bonchev–Trinajstić information content (AvgIpc) is 2.87. The van der Waals surface area contributed by atoms with E-state index < -0.39 is 9.28 Å². The number of hydrogen-bond acceptors (Lipinski definition) is 4. The molecule has 0 unspecified atom stereocenters. The molecule has 0 N–H and O–H groups in total. The number of unbranched alkanes of at least 4 members (excludes halogenated alkanes) is 12. The van der Waals surface area contributed by atoms with Crippen LogP contribution in [0.5, 0.6) is 0 Å². The van der Waals surface area contributed by atoms with Crippen LogP contribution < -0.4 is 5.19 Å². The second kappa shape index (κ2) is 23.7. The van der Waals surface area contributed by atoms with Gasteiger partial charge in [-0.05, 0) is 42.0 Å². The van der Waals surface area contributed by atoms with Crippen molar-refractivity contribution >= 4 is 14.5 Å². The molecule has 0 heterocycles. The fourth-order valence-corrected chi connectivity index (χ4v) is 6.22. The summed E-state index contributed by atoms with van der Waals surface area (Å²) in [6, 6.07) is 6.81. The van der Waals surface area contributed by atoms with Gasteiger partial charge in [-0.25, -0.2) is 0 Å². The Labute approximate surface area is 219 Å². The average molecular weight is 508 g/mol. The Morgan fingerprint density at radius 2 is 1.06 bits per heavy atom. The van der Waals surface area contributed by atoms with Crippen LogP contribution in [-0.4, -0.2) is 49.9 Å². The smallest absolute Gasteiger partial charge is 0.387 e. The molecule has 1 radical (unpaired) electrons. The minimum atomic E-state index is -1.58. The highest BCUT2D eigenvalue weighted by Crippen LogP contribution is 2.18. The van der Waals surface area contributed by atoms with E-state index in [0.717, 1.165) is 6.42 Å². The van der Waals surface area contributed by atoms with Crippen molar-refractivity contribution in [1.82, 2.24) is 0 Å². The molecule has 4 nitrogen and oxygen atoms in total. The first kappa shape index (κ1) is 32.3. The van der Waals surface area contributed by atoms with E-state index in [1.165, 1.54) is 113 Å². The molecule has 0 atom stereocenters. The largest absolute Gasteiger partial charge is 0.424 e. The summed E-state index contributed by atoms with van der Waals surface area (Å²) >= 11 is 0. The maximum atomic E-state index is 6.26. The molecule has 0 amide bonds. The zero-order chi connectivity index (χ0) is 25.4. The van der Waals surface area contributed by atoms with Gasteiger partial charge in [-0.15, -0.1) is 0 Å². The highest BCUT2D eigenvalue weighted by molar-refractivity contribution is 6.61. The molecule has 5 heteroatoms. The van der Waals surface area contributed by atoms with Crippen LogP contribution in [0, 0.1) is 0 Å². The highest BCUT2D eigenvalue weighted by Gasteiger charge is 2.24. The Balaban J connectivity index is 2.84. The molecule has 203 valence electrons. The molecular weight excluding hydrogens is 452 g/mol. The molecule has 0 spiro atoms. The van der Waals surface area contributed by atoms with Crippen molar-refractivity contribution in [3.8, 4) is 0 Å². The predicted octanol–water partition coefficient (Wildman–Crippen LogP) is 7.29. The van der Waals surface area contributed by atoms with Gasteiger partial charge in [0, 0.05) is 14.2 Å². The van der Waals surface area contributed by atoms with Gasteiger partial charge in [0.15, 0.2) is 0 Å². The molecule has 0 aliphatic carbocycles. The van der Waals surface area contributed by atoms with Crippen LogP contribution in [0.3, 0.4) is 0 Å². The van der Waals surface area contributed by atoms with Crippen molar-refractivity contribution in [2.24, 2.45) is 0 Å². The van der Waals surface area contributed by atoms with Crippen molar-refractivity contribution in [3.63, 3.8) is 0 Å². The fourth-order valence-electron chi connectivity index (χ4n) is 4.52. The minimum absolute atomic E-state index is 0.566. The first-order valence-electron chi connectivity index (χ1n) is 14.5. The van der Waals surface area contributed by atoms with E-state index >= 15 is 0 Å². The van der Waals surface area contributed by atoms with Gasteiger partial charge in [-0.1, -0.05) is 109 Å². The van der Waals surface area contributed by atoms with Gasteiger partial charge in [0.2, 0.25) is 0 Å². The van der Waals surface area contributed by atoms with Gasteiger partial charge in [-0.3, -0.25) is 0 Å².